The average molecular weight is 781 g/mol. The van der Waals surface area contributed by atoms with Gasteiger partial charge in [0, 0.05) is 114 Å². The van der Waals surface area contributed by atoms with Crippen LogP contribution in [0.1, 0.15) is 0 Å². The summed E-state index contributed by atoms with van der Waals surface area (Å²) in [5.41, 5.74) is 0. The number of imide groups is 4. The van der Waals surface area contributed by atoms with Crippen molar-refractivity contribution in [3.05, 3.63) is 48.6 Å². The third-order valence-electron chi connectivity index (χ3n) is 8.43. The largest absolute Gasteiger partial charge is 0.353 e. The minimum absolute atomic E-state index is 0.0770. The number of amides is 12. The molecule has 0 unspecified atom stereocenters. The third-order valence-corrected chi connectivity index (χ3v) is 8.43. The minimum Gasteiger partial charge on any atom is -0.353 e. The molecular formula is C34H40N10O12. The smallest absolute Gasteiger partial charge is 0.253 e. The number of rotatable bonds is 23. The molecule has 0 saturated heterocycles. The first-order valence-corrected chi connectivity index (χ1v) is 17.4. The lowest BCUT2D eigenvalue weighted by atomic mass is 10.3. The second-order valence-corrected chi connectivity index (χ2v) is 12.5. The lowest BCUT2D eigenvalue weighted by Gasteiger charge is -2.27. The molecule has 0 aromatic rings. The SMILES string of the molecule is O=C(CN(CCN(CC(=O)NCCN1C(=O)C=CC1=O)CC(=O)NCCN1C(=O)C=CC1=O)CC(=O)NCCN1C(=O)C=CC1=O)NCCN1C(=O)C=CC1=O. The Bertz CT molecular complexity index is 1480. The molecule has 0 fully saturated rings. The second kappa shape index (κ2) is 20.1. The third kappa shape index (κ3) is 12.4. The minimum atomic E-state index is -0.591. The van der Waals surface area contributed by atoms with Gasteiger partial charge in [-0.25, -0.2) is 0 Å². The molecule has 0 aromatic heterocycles. The highest BCUT2D eigenvalue weighted by molar-refractivity contribution is 6.14. The molecule has 0 aliphatic carbocycles. The molecule has 4 aliphatic rings. The summed E-state index contributed by atoms with van der Waals surface area (Å²) in [4.78, 5) is 153. The van der Waals surface area contributed by atoms with E-state index < -0.39 is 70.9 Å². The highest BCUT2D eigenvalue weighted by atomic mass is 16.2. The Morgan fingerprint density at radius 2 is 0.536 bits per heavy atom. The molecular weight excluding hydrogens is 740 g/mol. The van der Waals surface area contributed by atoms with Crippen LogP contribution in [0, 0.1) is 0 Å². The van der Waals surface area contributed by atoms with Crippen LogP contribution in [-0.2, 0) is 57.5 Å². The van der Waals surface area contributed by atoms with Crippen LogP contribution in [0.25, 0.3) is 0 Å². The molecule has 4 aliphatic heterocycles. The Morgan fingerprint density at radius 1 is 0.357 bits per heavy atom. The van der Waals surface area contributed by atoms with E-state index in [2.05, 4.69) is 21.3 Å². The molecule has 56 heavy (non-hydrogen) atoms. The first-order chi connectivity index (χ1) is 26.7. The van der Waals surface area contributed by atoms with Crippen molar-refractivity contribution in [2.45, 2.75) is 0 Å². The Hall–Kier alpha value is -6.68. The zero-order chi connectivity index (χ0) is 40.8. The molecule has 0 aromatic carbocycles. The van der Waals surface area contributed by atoms with Crippen LogP contribution in [0.2, 0.25) is 0 Å². The van der Waals surface area contributed by atoms with Crippen LogP contribution in [0.3, 0.4) is 0 Å². The number of nitrogens with one attached hydrogen (secondary N) is 4. The fourth-order valence-electron chi connectivity index (χ4n) is 5.58. The molecule has 0 spiro atoms. The van der Waals surface area contributed by atoms with Gasteiger partial charge in [0.05, 0.1) is 26.2 Å². The summed E-state index contributed by atoms with van der Waals surface area (Å²) >= 11 is 0. The summed E-state index contributed by atoms with van der Waals surface area (Å²) in [5.74, 6) is -6.63. The van der Waals surface area contributed by atoms with Crippen molar-refractivity contribution in [1.29, 1.82) is 0 Å². The van der Waals surface area contributed by atoms with Gasteiger partial charge < -0.3 is 21.3 Å². The van der Waals surface area contributed by atoms with Gasteiger partial charge in [-0.05, 0) is 0 Å². The lowest BCUT2D eigenvalue weighted by Crippen LogP contribution is -2.50. The normalized spacial score (nSPS) is 16.2. The maximum Gasteiger partial charge on any atom is 0.253 e. The first-order valence-electron chi connectivity index (χ1n) is 17.4. The van der Waals surface area contributed by atoms with E-state index >= 15 is 0 Å². The van der Waals surface area contributed by atoms with E-state index in [1.54, 1.807) is 0 Å². The number of carbonyl (C=O) groups is 12. The molecule has 4 N–H and O–H groups in total. The van der Waals surface area contributed by atoms with Crippen LogP contribution in [-0.4, -0.2) is 192 Å². The van der Waals surface area contributed by atoms with Crippen molar-refractivity contribution >= 4 is 70.9 Å². The average Bonchev–Trinajstić information content (AvgIpc) is 3.86. The highest BCUT2D eigenvalue weighted by Gasteiger charge is 2.27. The lowest BCUT2D eigenvalue weighted by molar-refractivity contribution is -0.138. The van der Waals surface area contributed by atoms with Crippen LogP contribution in [0.4, 0.5) is 0 Å². The fourth-order valence-corrected chi connectivity index (χ4v) is 5.58. The summed E-state index contributed by atoms with van der Waals surface area (Å²) in [5, 5.41) is 10.3. The molecule has 12 amide bonds. The van der Waals surface area contributed by atoms with Crippen molar-refractivity contribution in [3.63, 3.8) is 0 Å². The van der Waals surface area contributed by atoms with E-state index in [4.69, 9.17) is 0 Å². The second-order valence-electron chi connectivity index (χ2n) is 12.5. The van der Waals surface area contributed by atoms with Gasteiger partial charge in [-0.2, -0.15) is 0 Å². The highest BCUT2D eigenvalue weighted by Crippen LogP contribution is 2.05. The van der Waals surface area contributed by atoms with Gasteiger partial charge in [-0.3, -0.25) is 86.9 Å². The number of nitrogens with zero attached hydrogens (tertiary/aromatic N) is 6. The van der Waals surface area contributed by atoms with E-state index in [9.17, 15) is 57.5 Å². The Balaban J connectivity index is 1.36. The van der Waals surface area contributed by atoms with Gasteiger partial charge in [0.2, 0.25) is 23.6 Å². The Labute approximate surface area is 319 Å². The maximum absolute atomic E-state index is 12.9. The van der Waals surface area contributed by atoms with Crippen molar-refractivity contribution in [2.24, 2.45) is 0 Å². The number of hydrogen-bond acceptors (Lipinski definition) is 14. The van der Waals surface area contributed by atoms with Crippen LogP contribution >= 0.6 is 0 Å². The molecule has 0 atom stereocenters. The number of carbonyl (C=O) groups excluding carboxylic acids is 12. The van der Waals surface area contributed by atoms with Crippen molar-refractivity contribution < 1.29 is 57.5 Å². The van der Waals surface area contributed by atoms with E-state index in [0.29, 0.717) is 0 Å². The molecule has 4 rings (SSSR count). The molecule has 22 nitrogen and oxygen atoms in total. The summed E-state index contributed by atoms with van der Waals surface area (Å²) in [6.45, 7) is -2.48. The quantitative estimate of drug-likeness (QED) is 0.0703. The zero-order valence-electron chi connectivity index (χ0n) is 30.1. The first kappa shape index (κ1) is 42.1. The van der Waals surface area contributed by atoms with Gasteiger partial charge in [0.25, 0.3) is 47.3 Å². The summed E-state index contributed by atoms with van der Waals surface area (Å²) in [6, 6.07) is 0. The Morgan fingerprint density at radius 3 is 0.714 bits per heavy atom. The van der Waals surface area contributed by atoms with Crippen LogP contribution < -0.4 is 21.3 Å². The van der Waals surface area contributed by atoms with Crippen molar-refractivity contribution in [2.75, 3.05) is 91.6 Å². The zero-order valence-corrected chi connectivity index (χ0v) is 30.1. The molecule has 22 heteroatoms. The summed E-state index contributed by atoms with van der Waals surface area (Å²) < 4.78 is 0. The van der Waals surface area contributed by atoms with Crippen molar-refractivity contribution in [1.82, 2.24) is 50.7 Å². The van der Waals surface area contributed by atoms with Gasteiger partial charge in [-0.15, -0.1) is 0 Å². The van der Waals surface area contributed by atoms with Crippen molar-refractivity contribution in [3.8, 4) is 0 Å². The van der Waals surface area contributed by atoms with Crippen LogP contribution in [0.5, 0.6) is 0 Å². The fraction of sp³-hybridized carbons (Fsp3) is 0.412. The van der Waals surface area contributed by atoms with E-state index in [-0.39, 0.29) is 91.6 Å². The van der Waals surface area contributed by atoms with E-state index in [1.165, 1.54) is 9.80 Å². The van der Waals surface area contributed by atoms with Gasteiger partial charge in [-0.1, -0.05) is 0 Å². The van der Waals surface area contributed by atoms with Gasteiger partial charge in [0.15, 0.2) is 0 Å². The predicted molar refractivity (Wildman–Crippen MR) is 188 cm³/mol. The number of hydrogen-bond donors (Lipinski definition) is 4. The standard InChI is InChI=1S/C34H40N10O12/c45-23(35-9-13-41-27(49)1-2-28(41)50)19-39(20-24(46)36-10-14-42-29(51)3-4-30(42)52)17-18-40(21-25(47)37-11-15-43-31(53)5-6-32(43)54)22-26(48)38-12-16-44-33(55)7-8-34(44)56/h1-8H,9-22H2,(H,35,45)(H,36,46)(H,37,47)(H,38,48). The summed E-state index contributed by atoms with van der Waals surface area (Å²) in [6.07, 6.45) is 8.80. The molecule has 298 valence electrons. The molecule has 0 radical (unpaired) electrons. The molecule has 0 bridgehead atoms. The topological polar surface area (TPSA) is 272 Å². The van der Waals surface area contributed by atoms with Gasteiger partial charge >= 0.3 is 0 Å². The summed E-state index contributed by atoms with van der Waals surface area (Å²) in [7, 11) is 0. The van der Waals surface area contributed by atoms with E-state index in [0.717, 1.165) is 68.2 Å². The molecule has 4 heterocycles. The Kier molecular flexibility index (Phi) is 15.1. The maximum atomic E-state index is 12.9. The van der Waals surface area contributed by atoms with Gasteiger partial charge in [0.1, 0.15) is 0 Å². The predicted octanol–water partition coefficient (Wildman–Crippen LogP) is -6.24. The molecule has 0 saturated carbocycles. The van der Waals surface area contributed by atoms with Crippen LogP contribution in [0.15, 0.2) is 48.6 Å². The van der Waals surface area contributed by atoms with E-state index in [1.807, 2.05) is 0 Å². The monoisotopic (exact) mass is 780 g/mol.